The molecule has 1 aromatic heterocycles. The number of nitrogens with one attached hydrogen (secondary N) is 2. The third-order valence-corrected chi connectivity index (χ3v) is 5.85. The SMILES string of the molecule is COc1ccc(C(=O)N[C@@H](C(=O)N2CCC(Nc3cccnc3)CC2)c2ccccc2)cc1. The van der Waals surface area contributed by atoms with Crippen molar-refractivity contribution in [2.75, 3.05) is 25.5 Å². The molecule has 2 N–H and O–H groups in total. The lowest BCUT2D eigenvalue weighted by molar-refractivity contribution is -0.134. The summed E-state index contributed by atoms with van der Waals surface area (Å²) in [5.74, 6) is 0.279. The minimum Gasteiger partial charge on any atom is -0.497 e. The number of hydrogen-bond donors (Lipinski definition) is 2. The second kappa shape index (κ2) is 10.6. The van der Waals surface area contributed by atoms with Crippen LogP contribution in [0.1, 0.15) is 34.8 Å². The summed E-state index contributed by atoms with van der Waals surface area (Å²) in [6.07, 6.45) is 5.21. The number of ether oxygens (including phenoxy) is 1. The van der Waals surface area contributed by atoms with Crippen LogP contribution in [0.15, 0.2) is 79.1 Å². The van der Waals surface area contributed by atoms with Gasteiger partial charge in [-0.2, -0.15) is 0 Å². The van der Waals surface area contributed by atoms with E-state index in [0.717, 1.165) is 24.1 Å². The number of nitrogens with zero attached hydrogens (tertiary/aromatic N) is 2. The standard InChI is InChI=1S/C26H28N4O3/c1-33-23-11-9-20(10-12-23)25(31)29-24(19-6-3-2-4-7-19)26(32)30-16-13-21(14-17-30)28-22-8-5-15-27-18-22/h2-12,15,18,21,24,28H,13-14,16-17H2,1H3,(H,29,31)/t24-/m1/s1. The van der Waals surface area contributed by atoms with Gasteiger partial charge in [0.1, 0.15) is 11.8 Å². The molecule has 0 bridgehead atoms. The number of methoxy groups -OCH3 is 1. The number of aromatic nitrogens is 1. The molecule has 33 heavy (non-hydrogen) atoms. The number of rotatable bonds is 7. The predicted molar refractivity (Wildman–Crippen MR) is 127 cm³/mol. The largest absolute Gasteiger partial charge is 0.497 e. The molecule has 1 atom stereocenters. The van der Waals surface area contributed by atoms with Gasteiger partial charge in [-0.1, -0.05) is 30.3 Å². The molecule has 0 spiro atoms. The average molecular weight is 445 g/mol. The van der Waals surface area contributed by atoms with E-state index in [1.54, 1.807) is 43.8 Å². The third kappa shape index (κ3) is 5.68. The Hall–Kier alpha value is -3.87. The van der Waals surface area contributed by atoms with Crippen molar-refractivity contribution in [1.29, 1.82) is 0 Å². The molecule has 1 aliphatic rings. The summed E-state index contributed by atoms with van der Waals surface area (Å²) < 4.78 is 5.16. The molecule has 170 valence electrons. The molecule has 3 aromatic rings. The van der Waals surface area contributed by atoms with Crippen molar-refractivity contribution in [3.63, 3.8) is 0 Å². The van der Waals surface area contributed by atoms with Gasteiger partial charge in [-0.05, 0) is 54.8 Å². The molecule has 0 aliphatic carbocycles. The highest BCUT2D eigenvalue weighted by Crippen LogP contribution is 2.22. The minimum atomic E-state index is -0.747. The van der Waals surface area contributed by atoms with Crippen molar-refractivity contribution < 1.29 is 14.3 Å². The lowest BCUT2D eigenvalue weighted by Gasteiger charge is -2.35. The maximum Gasteiger partial charge on any atom is 0.252 e. The summed E-state index contributed by atoms with van der Waals surface area (Å²) in [5.41, 5.74) is 2.22. The first kappa shape index (κ1) is 22.3. The Balaban J connectivity index is 1.43. The fourth-order valence-electron chi connectivity index (χ4n) is 4.00. The Morgan fingerprint density at radius 2 is 1.73 bits per heavy atom. The Labute approximate surface area is 193 Å². The van der Waals surface area contributed by atoms with E-state index in [0.29, 0.717) is 24.4 Å². The number of piperidine rings is 1. The molecule has 4 rings (SSSR count). The zero-order valence-corrected chi connectivity index (χ0v) is 18.6. The Morgan fingerprint density at radius 3 is 2.36 bits per heavy atom. The lowest BCUT2D eigenvalue weighted by Crippen LogP contribution is -2.48. The van der Waals surface area contributed by atoms with Crippen LogP contribution in [-0.4, -0.2) is 47.9 Å². The number of carbonyl (C=O) groups is 2. The van der Waals surface area contributed by atoms with Gasteiger partial charge in [0.2, 0.25) is 5.91 Å². The van der Waals surface area contributed by atoms with E-state index in [1.807, 2.05) is 47.4 Å². The van der Waals surface area contributed by atoms with Crippen molar-refractivity contribution >= 4 is 17.5 Å². The van der Waals surface area contributed by atoms with Crippen molar-refractivity contribution in [3.8, 4) is 5.75 Å². The lowest BCUT2D eigenvalue weighted by atomic mass is 10.0. The van der Waals surface area contributed by atoms with Crippen LogP contribution in [-0.2, 0) is 4.79 Å². The van der Waals surface area contributed by atoms with Gasteiger partial charge in [-0.3, -0.25) is 14.6 Å². The molecule has 1 saturated heterocycles. The summed E-state index contributed by atoms with van der Waals surface area (Å²) in [5, 5.41) is 6.42. The van der Waals surface area contributed by atoms with E-state index in [-0.39, 0.29) is 17.9 Å². The van der Waals surface area contributed by atoms with Crippen molar-refractivity contribution in [2.24, 2.45) is 0 Å². The first-order valence-corrected chi connectivity index (χ1v) is 11.1. The van der Waals surface area contributed by atoms with E-state index < -0.39 is 6.04 Å². The van der Waals surface area contributed by atoms with Crippen LogP contribution in [0.4, 0.5) is 5.69 Å². The normalized spacial score (nSPS) is 14.9. The number of likely N-dealkylation sites (tertiary alicyclic amines) is 1. The van der Waals surface area contributed by atoms with Gasteiger partial charge in [-0.15, -0.1) is 0 Å². The topological polar surface area (TPSA) is 83.6 Å². The minimum absolute atomic E-state index is 0.0945. The summed E-state index contributed by atoms with van der Waals surface area (Å²) >= 11 is 0. The number of benzene rings is 2. The van der Waals surface area contributed by atoms with Crippen LogP contribution in [0.2, 0.25) is 0 Å². The Bertz CT molecular complexity index is 1050. The van der Waals surface area contributed by atoms with Crippen molar-refractivity contribution in [3.05, 3.63) is 90.3 Å². The smallest absolute Gasteiger partial charge is 0.252 e. The van der Waals surface area contributed by atoms with Crippen LogP contribution in [0.3, 0.4) is 0 Å². The summed E-state index contributed by atoms with van der Waals surface area (Å²) in [7, 11) is 1.58. The first-order chi connectivity index (χ1) is 16.1. The number of amides is 2. The van der Waals surface area contributed by atoms with Gasteiger partial charge in [-0.25, -0.2) is 0 Å². The van der Waals surface area contributed by atoms with Gasteiger partial charge >= 0.3 is 0 Å². The van der Waals surface area contributed by atoms with E-state index in [1.165, 1.54) is 0 Å². The fourth-order valence-corrected chi connectivity index (χ4v) is 4.00. The van der Waals surface area contributed by atoms with Crippen molar-refractivity contribution in [1.82, 2.24) is 15.2 Å². The number of anilines is 1. The molecule has 7 nitrogen and oxygen atoms in total. The van der Waals surface area contributed by atoms with Crippen molar-refractivity contribution in [2.45, 2.75) is 24.9 Å². The predicted octanol–water partition coefficient (Wildman–Crippen LogP) is 3.66. The summed E-state index contributed by atoms with van der Waals surface area (Å²) in [4.78, 5) is 32.4. The second-order valence-electron chi connectivity index (χ2n) is 8.03. The number of hydrogen-bond acceptors (Lipinski definition) is 5. The monoisotopic (exact) mass is 444 g/mol. The molecular formula is C26H28N4O3. The molecule has 2 aromatic carbocycles. The molecule has 2 amide bonds. The molecule has 0 saturated carbocycles. The van der Waals surface area contributed by atoms with Crippen LogP contribution in [0.5, 0.6) is 5.75 Å². The van der Waals surface area contributed by atoms with E-state index in [4.69, 9.17) is 4.74 Å². The van der Waals surface area contributed by atoms with Crippen LogP contribution < -0.4 is 15.4 Å². The van der Waals surface area contributed by atoms with Gasteiger partial charge in [0.25, 0.3) is 5.91 Å². The van der Waals surface area contributed by atoms with Crippen LogP contribution >= 0.6 is 0 Å². The zero-order valence-electron chi connectivity index (χ0n) is 18.6. The van der Waals surface area contributed by atoms with Gasteiger partial charge in [0.15, 0.2) is 0 Å². The highest BCUT2D eigenvalue weighted by atomic mass is 16.5. The number of carbonyl (C=O) groups excluding carboxylic acids is 2. The molecule has 7 heteroatoms. The Morgan fingerprint density at radius 1 is 1.00 bits per heavy atom. The van der Waals surface area contributed by atoms with Gasteiger partial charge in [0, 0.05) is 37.1 Å². The average Bonchev–Trinajstić information content (AvgIpc) is 2.88. The molecule has 1 aliphatic heterocycles. The quantitative estimate of drug-likeness (QED) is 0.581. The maximum absolute atomic E-state index is 13.5. The first-order valence-electron chi connectivity index (χ1n) is 11.1. The molecule has 0 radical (unpaired) electrons. The van der Waals surface area contributed by atoms with Gasteiger partial charge in [0.05, 0.1) is 12.8 Å². The third-order valence-electron chi connectivity index (χ3n) is 5.85. The summed E-state index contributed by atoms with van der Waals surface area (Å²) in [6, 6.07) is 19.6. The fraction of sp³-hybridized carbons (Fsp3) is 0.269. The Kier molecular flexibility index (Phi) is 7.19. The van der Waals surface area contributed by atoms with E-state index in [9.17, 15) is 9.59 Å². The van der Waals surface area contributed by atoms with E-state index in [2.05, 4.69) is 15.6 Å². The van der Waals surface area contributed by atoms with Crippen LogP contribution in [0, 0.1) is 0 Å². The molecular weight excluding hydrogens is 416 g/mol. The highest BCUT2D eigenvalue weighted by Gasteiger charge is 2.30. The second-order valence-corrected chi connectivity index (χ2v) is 8.03. The highest BCUT2D eigenvalue weighted by molar-refractivity contribution is 5.98. The maximum atomic E-state index is 13.5. The summed E-state index contributed by atoms with van der Waals surface area (Å²) in [6.45, 7) is 1.25. The molecule has 2 heterocycles. The molecule has 1 fully saturated rings. The molecule has 0 unspecified atom stereocenters. The van der Waals surface area contributed by atoms with Gasteiger partial charge < -0.3 is 20.3 Å². The number of pyridine rings is 1. The zero-order chi connectivity index (χ0) is 23.0. The van der Waals surface area contributed by atoms with Crippen LogP contribution in [0.25, 0.3) is 0 Å². The van der Waals surface area contributed by atoms with E-state index >= 15 is 0 Å².